The predicted molar refractivity (Wildman–Crippen MR) is 77.8 cm³/mol. The maximum atomic E-state index is 12.3. The summed E-state index contributed by atoms with van der Waals surface area (Å²) in [6.45, 7) is 5.17. The van der Waals surface area contributed by atoms with E-state index in [0.29, 0.717) is 19.7 Å². The van der Waals surface area contributed by atoms with Crippen LogP contribution in [-0.4, -0.2) is 27.2 Å². The summed E-state index contributed by atoms with van der Waals surface area (Å²) >= 11 is 0. The molecular weight excluding hydrogens is 276 g/mol. The second kappa shape index (κ2) is 5.81. The van der Waals surface area contributed by atoms with Crippen LogP contribution >= 0.6 is 0 Å². The molecule has 0 aliphatic carbocycles. The summed E-state index contributed by atoms with van der Waals surface area (Å²) in [7, 11) is -3.52. The standard InChI is InChI=1S/C14H22N2O3S/c1-11-4-5-13(8-12(11)9-15)20(17,18)16-10-14(2)6-3-7-19-14/h4-5,8,16H,3,6-7,9-10,15H2,1-2H3. The molecule has 0 radical (unpaired) electrons. The molecule has 1 heterocycles. The van der Waals surface area contributed by atoms with Crippen molar-refractivity contribution < 1.29 is 13.2 Å². The van der Waals surface area contributed by atoms with E-state index in [9.17, 15) is 8.42 Å². The monoisotopic (exact) mass is 298 g/mol. The Morgan fingerprint density at radius 2 is 2.20 bits per heavy atom. The van der Waals surface area contributed by atoms with E-state index in [2.05, 4.69) is 4.72 Å². The molecule has 1 aromatic rings. The lowest BCUT2D eigenvalue weighted by molar-refractivity contribution is 0.0250. The molecule has 0 saturated carbocycles. The molecule has 1 aliphatic heterocycles. The molecule has 1 saturated heterocycles. The second-order valence-corrected chi connectivity index (χ2v) is 7.29. The average Bonchev–Trinajstić information content (AvgIpc) is 2.85. The van der Waals surface area contributed by atoms with Gasteiger partial charge in [-0.3, -0.25) is 0 Å². The zero-order valence-corrected chi connectivity index (χ0v) is 12.8. The molecule has 0 amide bonds. The molecule has 1 fully saturated rings. The van der Waals surface area contributed by atoms with Gasteiger partial charge in [0.15, 0.2) is 0 Å². The van der Waals surface area contributed by atoms with E-state index in [0.717, 1.165) is 24.0 Å². The Labute approximate surface area is 120 Å². The molecule has 0 spiro atoms. The smallest absolute Gasteiger partial charge is 0.240 e. The van der Waals surface area contributed by atoms with Crippen LogP contribution in [0, 0.1) is 6.92 Å². The highest BCUT2D eigenvalue weighted by atomic mass is 32.2. The fourth-order valence-corrected chi connectivity index (χ4v) is 3.55. The van der Waals surface area contributed by atoms with Crippen LogP contribution in [0.25, 0.3) is 0 Å². The lowest BCUT2D eigenvalue weighted by Crippen LogP contribution is -2.40. The summed E-state index contributed by atoms with van der Waals surface area (Å²) in [6, 6.07) is 5.02. The number of rotatable bonds is 5. The third kappa shape index (κ3) is 3.38. The van der Waals surface area contributed by atoms with Crippen molar-refractivity contribution in [1.82, 2.24) is 4.72 Å². The van der Waals surface area contributed by atoms with Crippen molar-refractivity contribution in [3.05, 3.63) is 29.3 Å². The quantitative estimate of drug-likeness (QED) is 0.858. The average molecular weight is 298 g/mol. The number of aryl methyl sites for hydroxylation is 1. The highest BCUT2D eigenvalue weighted by Gasteiger charge is 2.31. The van der Waals surface area contributed by atoms with Gasteiger partial charge >= 0.3 is 0 Å². The zero-order valence-electron chi connectivity index (χ0n) is 12.0. The lowest BCUT2D eigenvalue weighted by Gasteiger charge is -2.23. The van der Waals surface area contributed by atoms with Crippen LogP contribution in [0.2, 0.25) is 0 Å². The minimum absolute atomic E-state index is 0.255. The van der Waals surface area contributed by atoms with Crippen molar-refractivity contribution in [2.45, 2.75) is 43.7 Å². The van der Waals surface area contributed by atoms with Gasteiger partial charge < -0.3 is 10.5 Å². The first kappa shape index (κ1) is 15.4. The van der Waals surface area contributed by atoms with Gasteiger partial charge in [-0.2, -0.15) is 0 Å². The van der Waals surface area contributed by atoms with E-state index in [-0.39, 0.29) is 4.90 Å². The number of hydrogen-bond acceptors (Lipinski definition) is 4. The molecule has 1 unspecified atom stereocenters. The number of nitrogens with two attached hydrogens (primary N) is 1. The van der Waals surface area contributed by atoms with Crippen molar-refractivity contribution in [2.75, 3.05) is 13.2 Å². The number of nitrogens with one attached hydrogen (secondary N) is 1. The molecule has 0 bridgehead atoms. The van der Waals surface area contributed by atoms with Gasteiger partial charge in [-0.1, -0.05) is 6.07 Å². The van der Waals surface area contributed by atoms with Crippen molar-refractivity contribution in [2.24, 2.45) is 5.73 Å². The highest BCUT2D eigenvalue weighted by molar-refractivity contribution is 7.89. The molecule has 6 heteroatoms. The molecular formula is C14H22N2O3S. The van der Waals surface area contributed by atoms with E-state index in [4.69, 9.17) is 10.5 Å². The SMILES string of the molecule is Cc1ccc(S(=O)(=O)NCC2(C)CCCO2)cc1CN. The number of hydrogen-bond donors (Lipinski definition) is 2. The van der Waals surface area contributed by atoms with E-state index in [1.54, 1.807) is 18.2 Å². The van der Waals surface area contributed by atoms with Crippen LogP contribution in [0.15, 0.2) is 23.1 Å². The highest BCUT2D eigenvalue weighted by Crippen LogP contribution is 2.24. The summed E-state index contributed by atoms with van der Waals surface area (Å²) in [4.78, 5) is 0.255. The summed E-state index contributed by atoms with van der Waals surface area (Å²) in [5, 5.41) is 0. The maximum Gasteiger partial charge on any atom is 0.240 e. The van der Waals surface area contributed by atoms with Crippen LogP contribution in [0.1, 0.15) is 30.9 Å². The molecule has 5 nitrogen and oxygen atoms in total. The second-order valence-electron chi connectivity index (χ2n) is 5.52. The molecule has 3 N–H and O–H groups in total. The third-order valence-corrected chi connectivity index (χ3v) is 5.19. The maximum absolute atomic E-state index is 12.3. The van der Waals surface area contributed by atoms with Gasteiger partial charge in [0.05, 0.1) is 10.5 Å². The van der Waals surface area contributed by atoms with Crippen molar-refractivity contribution in [3.63, 3.8) is 0 Å². The van der Waals surface area contributed by atoms with Crippen molar-refractivity contribution in [3.8, 4) is 0 Å². The Kier molecular flexibility index (Phi) is 4.49. The van der Waals surface area contributed by atoms with Gasteiger partial charge in [0.2, 0.25) is 10.0 Å². The van der Waals surface area contributed by atoms with E-state index >= 15 is 0 Å². The Hall–Kier alpha value is -0.950. The van der Waals surface area contributed by atoms with Crippen LogP contribution < -0.4 is 10.5 Å². The topological polar surface area (TPSA) is 81.4 Å². The Balaban J connectivity index is 2.14. The molecule has 1 aliphatic rings. The molecule has 2 rings (SSSR count). The minimum Gasteiger partial charge on any atom is -0.374 e. The van der Waals surface area contributed by atoms with Gasteiger partial charge in [0, 0.05) is 19.7 Å². The third-order valence-electron chi connectivity index (χ3n) is 3.79. The largest absolute Gasteiger partial charge is 0.374 e. The van der Waals surface area contributed by atoms with Crippen LogP contribution in [0.5, 0.6) is 0 Å². The molecule has 0 aromatic heterocycles. The van der Waals surface area contributed by atoms with Gasteiger partial charge in [0.25, 0.3) is 0 Å². The Bertz CT molecular complexity index is 578. The molecule has 1 aromatic carbocycles. The lowest BCUT2D eigenvalue weighted by atomic mass is 10.0. The van der Waals surface area contributed by atoms with Gasteiger partial charge in [0.1, 0.15) is 0 Å². The normalized spacial score (nSPS) is 23.1. The Morgan fingerprint density at radius 1 is 1.45 bits per heavy atom. The summed E-state index contributed by atoms with van der Waals surface area (Å²) in [5.74, 6) is 0. The molecule has 20 heavy (non-hydrogen) atoms. The van der Waals surface area contributed by atoms with E-state index in [1.165, 1.54) is 0 Å². The Morgan fingerprint density at radius 3 is 2.80 bits per heavy atom. The first-order chi connectivity index (χ1) is 9.36. The molecule has 112 valence electrons. The molecule has 1 atom stereocenters. The fourth-order valence-electron chi connectivity index (χ4n) is 2.34. The van der Waals surface area contributed by atoms with Crippen molar-refractivity contribution >= 4 is 10.0 Å². The van der Waals surface area contributed by atoms with Gasteiger partial charge in [-0.25, -0.2) is 13.1 Å². The first-order valence-corrected chi connectivity index (χ1v) is 8.28. The zero-order chi connectivity index (χ0) is 14.8. The predicted octanol–water partition coefficient (Wildman–Crippen LogP) is 1.30. The number of sulfonamides is 1. The van der Waals surface area contributed by atoms with E-state index in [1.807, 2.05) is 13.8 Å². The van der Waals surface area contributed by atoms with Crippen LogP contribution in [0.3, 0.4) is 0 Å². The minimum atomic E-state index is -3.52. The van der Waals surface area contributed by atoms with Crippen LogP contribution in [-0.2, 0) is 21.3 Å². The summed E-state index contributed by atoms with van der Waals surface area (Å²) < 4.78 is 32.8. The summed E-state index contributed by atoms with van der Waals surface area (Å²) in [6.07, 6.45) is 1.84. The van der Waals surface area contributed by atoms with Gasteiger partial charge in [-0.05, 0) is 49.9 Å². The number of ether oxygens (including phenoxy) is 1. The van der Waals surface area contributed by atoms with Crippen LogP contribution in [0.4, 0.5) is 0 Å². The van der Waals surface area contributed by atoms with Gasteiger partial charge in [-0.15, -0.1) is 0 Å². The number of benzene rings is 1. The van der Waals surface area contributed by atoms with Crippen molar-refractivity contribution in [1.29, 1.82) is 0 Å². The first-order valence-electron chi connectivity index (χ1n) is 6.79. The van der Waals surface area contributed by atoms with E-state index < -0.39 is 15.6 Å². The summed E-state index contributed by atoms with van der Waals surface area (Å²) in [5.41, 5.74) is 7.07. The fraction of sp³-hybridized carbons (Fsp3) is 0.571.